The Kier molecular flexibility index (Phi) is 5.43. The summed E-state index contributed by atoms with van der Waals surface area (Å²) in [6, 6.07) is 15.9. The Morgan fingerprint density at radius 3 is 2.67 bits per heavy atom. The monoisotopic (exact) mass is 404 g/mol. The summed E-state index contributed by atoms with van der Waals surface area (Å²) in [6.45, 7) is 1.84. The molecule has 1 aliphatic rings. The minimum absolute atomic E-state index is 0.0439. The lowest BCUT2D eigenvalue weighted by atomic mass is 10.1. The molecule has 2 heterocycles. The molecule has 3 aromatic rings. The van der Waals surface area contributed by atoms with Crippen molar-refractivity contribution in [1.29, 1.82) is 0 Å². The van der Waals surface area contributed by atoms with Gasteiger partial charge in [0.15, 0.2) is 12.4 Å². The van der Waals surface area contributed by atoms with Crippen LogP contribution in [0, 0.1) is 6.92 Å². The molecule has 0 aliphatic carbocycles. The van der Waals surface area contributed by atoms with Crippen LogP contribution in [-0.4, -0.2) is 36.0 Å². The summed E-state index contributed by atoms with van der Waals surface area (Å²) in [5.41, 5.74) is 2.35. The van der Waals surface area contributed by atoms with Gasteiger partial charge in [-0.05, 0) is 25.5 Å². The number of anilines is 1. The van der Waals surface area contributed by atoms with Crippen LogP contribution < -0.4 is 4.90 Å². The van der Waals surface area contributed by atoms with Crippen molar-refractivity contribution in [2.45, 2.75) is 19.8 Å². The molecule has 0 radical (unpaired) electrons. The topological polar surface area (TPSA) is 89.7 Å². The van der Waals surface area contributed by atoms with Crippen molar-refractivity contribution >= 4 is 23.3 Å². The van der Waals surface area contributed by atoms with E-state index in [2.05, 4.69) is 5.16 Å². The van der Waals surface area contributed by atoms with Gasteiger partial charge in [-0.1, -0.05) is 47.6 Å². The highest BCUT2D eigenvalue weighted by molar-refractivity contribution is 6.03. The Labute approximate surface area is 173 Å². The Hall–Kier alpha value is -3.74. The zero-order valence-electron chi connectivity index (χ0n) is 16.5. The first-order valence-electron chi connectivity index (χ1n) is 9.67. The van der Waals surface area contributed by atoms with Gasteiger partial charge in [-0.3, -0.25) is 9.59 Å². The maximum atomic E-state index is 12.6. The van der Waals surface area contributed by atoms with Gasteiger partial charge in [0.25, 0.3) is 0 Å². The zero-order valence-corrected chi connectivity index (χ0v) is 16.5. The van der Waals surface area contributed by atoms with Crippen molar-refractivity contribution in [3.8, 4) is 11.3 Å². The number of rotatable bonds is 6. The maximum absolute atomic E-state index is 12.6. The third-order valence-electron chi connectivity index (χ3n) is 5.00. The van der Waals surface area contributed by atoms with Gasteiger partial charge < -0.3 is 14.2 Å². The van der Waals surface area contributed by atoms with E-state index in [0.717, 1.165) is 12.0 Å². The predicted molar refractivity (Wildman–Crippen MR) is 109 cm³/mol. The fraction of sp³-hybridized carbons (Fsp3) is 0.217. The zero-order chi connectivity index (χ0) is 21.1. The van der Waals surface area contributed by atoms with Crippen molar-refractivity contribution in [3.63, 3.8) is 0 Å². The second-order valence-corrected chi connectivity index (χ2v) is 7.03. The van der Waals surface area contributed by atoms with Crippen LogP contribution in [0.4, 0.5) is 5.69 Å². The van der Waals surface area contributed by atoms with Gasteiger partial charge in [0.05, 0.1) is 0 Å². The second-order valence-electron chi connectivity index (χ2n) is 7.03. The van der Waals surface area contributed by atoms with E-state index in [1.165, 1.54) is 0 Å². The summed E-state index contributed by atoms with van der Waals surface area (Å²) in [4.78, 5) is 38.8. The summed E-state index contributed by atoms with van der Waals surface area (Å²) in [5.74, 6) is -0.665. The number of esters is 1. The highest BCUT2D eigenvalue weighted by atomic mass is 16.5. The molecule has 0 spiro atoms. The van der Waals surface area contributed by atoms with Crippen molar-refractivity contribution in [3.05, 3.63) is 71.5 Å². The molecule has 152 valence electrons. The maximum Gasteiger partial charge on any atom is 0.344 e. The second kappa shape index (κ2) is 8.32. The average Bonchev–Trinajstić information content (AvgIpc) is 3.38. The van der Waals surface area contributed by atoms with Crippen molar-refractivity contribution in [2.75, 3.05) is 18.1 Å². The highest BCUT2D eigenvalue weighted by Crippen LogP contribution is 2.26. The van der Waals surface area contributed by atoms with Gasteiger partial charge in [0, 0.05) is 29.8 Å². The first-order valence-corrected chi connectivity index (χ1v) is 9.67. The number of hydrogen-bond acceptors (Lipinski definition) is 6. The number of nitrogens with zero attached hydrogens (tertiary/aromatic N) is 2. The van der Waals surface area contributed by atoms with E-state index < -0.39 is 12.6 Å². The van der Waals surface area contributed by atoms with Crippen molar-refractivity contribution in [1.82, 2.24) is 5.16 Å². The molecule has 1 aromatic heterocycles. The van der Waals surface area contributed by atoms with Crippen LogP contribution in [0.3, 0.4) is 0 Å². The smallest absolute Gasteiger partial charge is 0.344 e. The van der Waals surface area contributed by atoms with Crippen molar-refractivity contribution in [2.24, 2.45) is 0 Å². The van der Waals surface area contributed by atoms with Crippen LogP contribution in [0.15, 0.2) is 59.1 Å². The molecule has 30 heavy (non-hydrogen) atoms. The third kappa shape index (κ3) is 3.87. The molecule has 7 heteroatoms. The molecule has 0 N–H and O–H groups in total. The summed E-state index contributed by atoms with van der Waals surface area (Å²) in [7, 11) is 0. The Balaban J connectivity index is 1.47. The lowest BCUT2D eigenvalue weighted by molar-refractivity contribution is -0.117. The van der Waals surface area contributed by atoms with E-state index in [9.17, 15) is 14.4 Å². The molecule has 4 rings (SSSR count). The quantitative estimate of drug-likeness (QED) is 0.458. The Morgan fingerprint density at radius 2 is 1.93 bits per heavy atom. The first kappa shape index (κ1) is 19.6. The lowest BCUT2D eigenvalue weighted by Gasteiger charge is -2.16. The third-order valence-corrected chi connectivity index (χ3v) is 5.00. The standard InChI is InChI=1S/C23H20N2O5/c1-15-21(22(24-30-15)16-7-3-2-4-8-16)23(28)29-14-19(26)17-9-5-10-18(13-17)25-12-6-11-20(25)27/h2-5,7-10,13H,6,11-12,14H2,1H3. The Bertz CT molecular complexity index is 1100. The number of carbonyl (C=O) groups excluding carboxylic acids is 3. The molecule has 1 aliphatic heterocycles. The SMILES string of the molecule is Cc1onc(-c2ccccc2)c1C(=O)OCC(=O)c1cccc(N2CCCC2=O)c1. The largest absolute Gasteiger partial charge is 0.454 e. The van der Waals surface area contributed by atoms with Crippen LogP contribution in [0.5, 0.6) is 0 Å². The molecule has 1 amide bonds. The average molecular weight is 404 g/mol. The molecule has 7 nitrogen and oxygen atoms in total. The van der Waals surface area contributed by atoms with Crippen molar-refractivity contribution < 1.29 is 23.6 Å². The predicted octanol–water partition coefficient (Wildman–Crippen LogP) is 3.82. The van der Waals surface area contributed by atoms with E-state index in [1.54, 1.807) is 36.1 Å². The van der Waals surface area contributed by atoms with Crippen LogP contribution >= 0.6 is 0 Å². The van der Waals surface area contributed by atoms with Gasteiger partial charge in [0.1, 0.15) is 17.0 Å². The molecule has 0 bridgehead atoms. The van der Waals surface area contributed by atoms with Gasteiger partial charge in [-0.25, -0.2) is 4.79 Å². The summed E-state index contributed by atoms with van der Waals surface area (Å²) < 4.78 is 10.4. The normalized spacial score (nSPS) is 13.5. The number of hydrogen-bond donors (Lipinski definition) is 0. The van der Waals surface area contributed by atoms with Crippen LogP contribution in [0.25, 0.3) is 11.3 Å². The number of amides is 1. The van der Waals surface area contributed by atoms with Gasteiger partial charge in [0.2, 0.25) is 5.91 Å². The molecule has 0 unspecified atom stereocenters. The van der Waals surface area contributed by atoms with Crippen LogP contribution in [0.1, 0.15) is 39.3 Å². The van der Waals surface area contributed by atoms with Crippen LogP contribution in [-0.2, 0) is 9.53 Å². The number of ether oxygens (including phenoxy) is 1. The fourth-order valence-electron chi connectivity index (χ4n) is 3.46. The molecular weight excluding hydrogens is 384 g/mol. The van der Waals surface area contributed by atoms with E-state index in [-0.39, 0.29) is 17.3 Å². The number of benzene rings is 2. The van der Waals surface area contributed by atoms with E-state index in [0.29, 0.717) is 35.7 Å². The van der Waals surface area contributed by atoms with Gasteiger partial charge >= 0.3 is 5.97 Å². The van der Waals surface area contributed by atoms with E-state index in [1.807, 2.05) is 30.3 Å². The highest BCUT2D eigenvalue weighted by Gasteiger charge is 2.25. The van der Waals surface area contributed by atoms with E-state index in [4.69, 9.17) is 9.26 Å². The number of ketones is 1. The molecule has 0 atom stereocenters. The minimum Gasteiger partial charge on any atom is -0.454 e. The molecule has 1 saturated heterocycles. The molecule has 0 saturated carbocycles. The molecule has 1 fully saturated rings. The molecule has 2 aromatic carbocycles. The number of aromatic nitrogens is 1. The lowest BCUT2D eigenvalue weighted by Crippen LogP contribution is -2.24. The summed E-state index contributed by atoms with van der Waals surface area (Å²) in [5, 5.41) is 3.96. The van der Waals surface area contributed by atoms with Gasteiger partial charge in [-0.15, -0.1) is 0 Å². The first-order chi connectivity index (χ1) is 14.5. The molecular formula is C23H20N2O5. The summed E-state index contributed by atoms with van der Waals surface area (Å²) in [6.07, 6.45) is 1.31. The van der Waals surface area contributed by atoms with Crippen LogP contribution in [0.2, 0.25) is 0 Å². The number of carbonyl (C=O) groups is 3. The fourth-order valence-corrected chi connectivity index (χ4v) is 3.46. The Morgan fingerprint density at radius 1 is 1.13 bits per heavy atom. The van der Waals surface area contributed by atoms with Gasteiger partial charge in [-0.2, -0.15) is 0 Å². The summed E-state index contributed by atoms with van der Waals surface area (Å²) >= 11 is 0. The minimum atomic E-state index is -0.674. The number of Topliss-reactive ketones (excluding diaryl/α,β-unsaturated/α-hetero) is 1. The van der Waals surface area contributed by atoms with E-state index >= 15 is 0 Å². The number of aryl methyl sites for hydroxylation is 1.